The van der Waals surface area contributed by atoms with Gasteiger partial charge in [-0.15, -0.1) is 0 Å². The van der Waals surface area contributed by atoms with Crippen LogP contribution in [0.25, 0.3) is 0 Å². The first kappa shape index (κ1) is 14.0. The van der Waals surface area contributed by atoms with Crippen molar-refractivity contribution in [3.63, 3.8) is 0 Å². The third-order valence-electron chi connectivity index (χ3n) is 1.30. The quantitative estimate of drug-likeness (QED) is 0.378. The molecule has 88 valence electrons. The average Bonchev–Trinajstić information content (AvgIpc) is 2.29. The SMILES string of the molecule is C[C@H](O)Cn1cc[n+](C)c1.O=S(=O)([O-])O. The lowest BCUT2D eigenvalue weighted by atomic mass is 10.4. The second-order valence-electron chi connectivity index (χ2n) is 3.05. The first-order valence-corrected chi connectivity index (χ1v) is 5.42. The Balaban J connectivity index is 0.000000336. The summed E-state index contributed by atoms with van der Waals surface area (Å²) in [7, 11) is -2.96. The van der Waals surface area contributed by atoms with Gasteiger partial charge in [0.2, 0.25) is 16.7 Å². The van der Waals surface area contributed by atoms with E-state index < -0.39 is 10.4 Å². The van der Waals surface area contributed by atoms with Crippen molar-refractivity contribution >= 4 is 10.4 Å². The molecule has 15 heavy (non-hydrogen) atoms. The second kappa shape index (κ2) is 5.81. The van der Waals surface area contributed by atoms with E-state index in [1.165, 1.54) is 0 Å². The highest BCUT2D eigenvalue weighted by molar-refractivity contribution is 7.79. The van der Waals surface area contributed by atoms with Gasteiger partial charge < -0.3 is 9.66 Å². The normalized spacial score (nSPS) is 12.9. The number of imidazole rings is 1. The van der Waals surface area contributed by atoms with Crippen LogP contribution in [0.15, 0.2) is 18.7 Å². The number of aromatic nitrogens is 2. The number of aliphatic hydroxyl groups excluding tert-OH is 1. The Labute approximate surface area is 88.2 Å². The fourth-order valence-electron chi connectivity index (χ4n) is 0.915. The third kappa shape index (κ3) is 11.0. The van der Waals surface area contributed by atoms with E-state index in [0.29, 0.717) is 6.54 Å². The van der Waals surface area contributed by atoms with Crippen molar-refractivity contribution in [3.05, 3.63) is 18.7 Å². The molecule has 0 saturated carbocycles. The van der Waals surface area contributed by atoms with E-state index in [1.54, 1.807) is 6.92 Å². The molecule has 1 aromatic heterocycles. The van der Waals surface area contributed by atoms with Gasteiger partial charge in [0.25, 0.3) is 0 Å². The highest BCUT2D eigenvalue weighted by Gasteiger charge is 2.02. The van der Waals surface area contributed by atoms with Gasteiger partial charge in [-0.25, -0.2) is 17.6 Å². The predicted molar refractivity (Wildman–Crippen MR) is 49.6 cm³/mol. The summed E-state index contributed by atoms with van der Waals surface area (Å²) in [5, 5.41) is 8.98. The van der Waals surface area contributed by atoms with Crippen molar-refractivity contribution in [2.45, 2.75) is 19.6 Å². The molecule has 0 fully saturated rings. The number of aliphatic hydroxyl groups is 1. The Hall–Kier alpha value is -0.960. The molecule has 1 heterocycles. The molecule has 0 aliphatic rings. The maximum atomic E-state index is 8.98. The van der Waals surface area contributed by atoms with Gasteiger partial charge in [-0.3, -0.25) is 4.55 Å². The molecule has 0 aliphatic heterocycles. The maximum Gasteiger partial charge on any atom is 0.243 e. The standard InChI is InChI=1S/C7H13N2O.H2O4S/c1-7(10)5-9-4-3-8(2)6-9;1-5(2,3)4/h3-4,6-7,10H,5H2,1-2H3;(H2,1,2,3,4)/q+1;/p-1/t7-;/m0./s1. The summed E-state index contributed by atoms with van der Waals surface area (Å²) in [4.78, 5) is 0. The van der Waals surface area contributed by atoms with Crippen LogP contribution >= 0.6 is 0 Å². The lowest BCUT2D eigenvalue weighted by Crippen LogP contribution is -2.24. The van der Waals surface area contributed by atoms with Crippen molar-refractivity contribution in [2.75, 3.05) is 0 Å². The Morgan fingerprint density at radius 3 is 2.33 bits per heavy atom. The van der Waals surface area contributed by atoms with Crippen LogP contribution in [0, 0.1) is 0 Å². The number of aryl methyl sites for hydroxylation is 1. The molecule has 0 aliphatic carbocycles. The van der Waals surface area contributed by atoms with Gasteiger partial charge in [0, 0.05) is 0 Å². The van der Waals surface area contributed by atoms with Gasteiger partial charge >= 0.3 is 0 Å². The first-order chi connectivity index (χ1) is 6.68. The van der Waals surface area contributed by atoms with E-state index >= 15 is 0 Å². The number of hydrogen-bond acceptors (Lipinski definition) is 4. The van der Waals surface area contributed by atoms with E-state index in [1.807, 2.05) is 34.9 Å². The molecule has 0 unspecified atom stereocenters. The van der Waals surface area contributed by atoms with Crippen molar-refractivity contribution in [2.24, 2.45) is 7.05 Å². The van der Waals surface area contributed by atoms with Crippen molar-refractivity contribution in [3.8, 4) is 0 Å². The molecule has 0 spiro atoms. The van der Waals surface area contributed by atoms with Crippen LogP contribution in [-0.2, 0) is 24.0 Å². The Bertz CT molecular complexity index is 376. The summed E-state index contributed by atoms with van der Waals surface area (Å²) in [6.07, 6.45) is 5.55. The monoisotopic (exact) mass is 238 g/mol. The molecule has 1 rings (SSSR count). The summed E-state index contributed by atoms with van der Waals surface area (Å²) < 4.78 is 36.7. The minimum atomic E-state index is -4.92. The topological polar surface area (TPSA) is 106 Å². The van der Waals surface area contributed by atoms with Gasteiger partial charge in [-0.2, -0.15) is 0 Å². The molecule has 0 bridgehead atoms. The second-order valence-corrected chi connectivity index (χ2v) is 3.91. The molecule has 1 aromatic rings. The molecule has 0 saturated heterocycles. The molecule has 8 heteroatoms. The molecule has 7 nitrogen and oxygen atoms in total. The summed E-state index contributed by atoms with van der Waals surface area (Å²) in [6.45, 7) is 2.45. The van der Waals surface area contributed by atoms with Crippen molar-refractivity contribution in [1.82, 2.24) is 4.57 Å². The van der Waals surface area contributed by atoms with E-state index in [0.717, 1.165) is 0 Å². The lowest BCUT2D eigenvalue weighted by Gasteiger charge is -1.97. The molecular weight excluding hydrogens is 224 g/mol. The van der Waals surface area contributed by atoms with E-state index in [9.17, 15) is 0 Å². The number of hydrogen-bond donors (Lipinski definition) is 2. The highest BCUT2D eigenvalue weighted by atomic mass is 32.3. The van der Waals surface area contributed by atoms with Crippen LogP contribution in [0.3, 0.4) is 0 Å². The van der Waals surface area contributed by atoms with Gasteiger partial charge in [0.05, 0.1) is 13.2 Å². The molecule has 0 aromatic carbocycles. The van der Waals surface area contributed by atoms with Crippen LogP contribution in [0.4, 0.5) is 0 Å². The lowest BCUT2D eigenvalue weighted by molar-refractivity contribution is -0.671. The third-order valence-corrected chi connectivity index (χ3v) is 1.30. The van der Waals surface area contributed by atoms with Crippen LogP contribution in [0.2, 0.25) is 0 Å². The minimum Gasteiger partial charge on any atom is -0.726 e. The van der Waals surface area contributed by atoms with Gasteiger partial charge in [0.1, 0.15) is 18.9 Å². The van der Waals surface area contributed by atoms with Crippen molar-refractivity contribution < 1.29 is 27.2 Å². The average molecular weight is 238 g/mol. The van der Waals surface area contributed by atoms with E-state index in [2.05, 4.69) is 0 Å². The zero-order chi connectivity index (χ0) is 12.1. The zero-order valence-electron chi connectivity index (χ0n) is 8.44. The Morgan fingerprint density at radius 2 is 2.07 bits per heavy atom. The summed E-state index contributed by atoms with van der Waals surface area (Å²) in [5.41, 5.74) is 0. The van der Waals surface area contributed by atoms with Gasteiger partial charge in [-0.05, 0) is 6.92 Å². The van der Waals surface area contributed by atoms with E-state index in [-0.39, 0.29) is 6.10 Å². The fourth-order valence-corrected chi connectivity index (χ4v) is 0.915. The Morgan fingerprint density at radius 1 is 1.60 bits per heavy atom. The zero-order valence-corrected chi connectivity index (χ0v) is 9.25. The van der Waals surface area contributed by atoms with Gasteiger partial charge in [0.15, 0.2) is 0 Å². The first-order valence-electron chi connectivity index (χ1n) is 4.06. The minimum absolute atomic E-state index is 0.271. The summed E-state index contributed by atoms with van der Waals surface area (Å²) in [6, 6.07) is 0. The smallest absolute Gasteiger partial charge is 0.243 e. The summed E-state index contributed by atoms with van der Waals surface area (Å²) in [5.74, 6) is 0. The van der Waals surface area contributed by atoms with Crippen LogP contribution in [0.5, 0.6) is 0 Å². The molecule has 1 atom stereocenters. The van der Waals surface area contributed by atoms with Crippen molar-refractivity contribution in [1.29, 1.82) is 0 Å². The Kier molecular flexibility index (Phi) is 5.44. The summed E-state index contributed by atoms with van der Waals surface area (Å²) >= 11 is 0. The van der Waals surface area contributed by atoms with E-state index in [4.69, 9.17) is 22.6 Å². The number of rotatable bonds is 2. The number of nitrogens with zero attached hydrogens (tertiary/aromatic N) is 2. The largest absolute Gasteiger partial charge is 0.726 e. The molecule has 2 N–H and O–H groups in total. The molecule has 0 radical (unpaired) electrons. The highest BCUT2D eigenvalue weighted by Crippen LogP contribution is 1.87. The molecule has 0 amide bonds. The van der Waals surface area contributed by atoms with Crippen LogP contribution in [0.1, 0.15) is 6.92 Å². The maximum absolute atomic E-state index is 8.98. The van der Waals surface area contributed by atoms with Gasteiger partial charge in [-0.1, -0.05) is 0 Å². The molecular formula is C7H14N2O5S. The fraction of sp³-hybridized carbons (Fsp3) is 0.571. The van der Waals surface area contributed by atoms with Crippen LogP contribution in [-0.4, -0.2) is 33.3 Å². The van der Waals surface area contributed by atoms with Crippen LogP contribution < -0.4 is 4.57 Å². The predicted octanol–water partition coefficient (Wildman–Crippen LogP) is -1.30.